The third-order valence-electron chi connectivity index (χ3n) is 5.07. The van der Waals surface area contributed by atoms with Crippen LogP contribution in [0.1, 0.15) is 31.4 Å². The summed E-state index contributed by atoms with van der Waals surface area (Å²) in [5.74, 6) is 0.977. The number of carbonyl (C=O) groups is 1. The average molecular weight is 289 g/mol. The van der Waals surface area contributed by atoms with Crippen LogP contribution in [0.15, 0.2) is 12.1 Å². The summed E-state index contributed by atoms with van der Waals surface area (Å²) < 4.78 is 0. The molecular weight excluding hydrogens is 266 g/mol. The third kappa shape index (κ3) is 2.94. The Hall–Kier alpha value is -1.85. The maximum absolute atomic E-state index is 11.2. The highest BCUT2D eigenvalue weighted by Gasteiger charge is 2.38. The first-order valence-electron chi connectivity index (χ1n) is 7.68. The van der Waals surface area contributed by atoms with Crippen LogP contribution in [0.4, 0.5) is 10.6 Å². The van der Waals surface area contributed by atoms with Crippen LogP contribution in [-0.4, -0.2) is 47.3 Å². The summed E-state index contributed by atoms with van der Waals surface area (Å²) in [5.41, 5.74) is 6.70. The second kappa shape index (κ2) is 5.50. The Morgan fingerprint density at radius 2 is 1.71 bits per heavy atom. The molecule has 2 fully saturated rings. The summed E-state index contributed by atoms with van der Waals surface area (Å²) in [6.45, 7) is 5.61. The summed E-state index contributed by atoms with van der Waals surface area (Å²) >= 11 is 0. The number of carbonyl (C=O) groups excluding carboxylic acids is 1. The van der Waals surface area contributed by atoms with E-state index in [9.17, 15) is 4.79 Å². The van der Waals surface area contributed by atoms with E-state index in [-0.39, 0.29) is 6.03 Å². The summed E-state index contributed by atoms with van der Waals surface area (Å²) in [4.78, 5) is 15.3. The molecule has 1 aromatic heterocycles. The van der Waals surface area contributed by atoms with Crippen molar-refractivity contribution in [3.05, 3.63) is 17.8 Å². The Morgan fingerprint density at radius 3 is 2.24 bits per heavy atom. The Balaban J connectivity index is 1.58. The maximum atomic E-state index is 11.2. The molecule has 2 N–H and O–H groups in total. The molecule has 1 aromatic rings. The molecule has 6 nitrogen and oxygen atoms in total. The fourth-order valence-electron chi connectivity index (χ4n) is 3.47. The molecule has 0 aliphatic carbocycles. The number of anilines is 1. The molecule has 21 heavy (non-hydrogen) atoms. The van der Waals surface area contributed by atoms with Gasteiger partial charge in [-0.1, -0.05) is 0 Å². The molecule has 114 valence electrons. The number of piperidine rings is 2. The van der Waals surface area contributed by atoms with Crippen molar-refractivity contribution in [2.24, 2.45) is 11.1 Å². The minimum atomic E-state index is -0.280. The van der Waals surface area contributed by atoms with Crippen LogP contribution in [-0.2, 0) is 0 Å². The van der Waals surface area contributed by atoms with E-state index in [4.69, 9.17) is 5.73 Å². The molecule has 3 rings (SSSR count). The van der Waals surface area contributed by atoms with Crippen molar-refractivity contribution in [3.8, 4) is 0 Å². The molecular formula is C15H23N5O. The number of amides is 2. The van der Waals surface area contributed by atoms with Gasteiger partial charge in [0.1, 0.15) is 0 Å². The normalized spacial score (nSPS) is 21.6. The average Bonchev–Trinajstić information content (AvgIpc) is 2.50. The van der Waals surface area contributed by atoms with E-state index in [2.05, 4.69) is 21.2 Å². The highest BCUT2D eigenvalue weighted by atomic mass is 16.2. The van der Waals surface area contributed by atoms with Gasteiger partial charge >= 0.3 is 6.03 Å². The molecule has 3 heterocycles. The Labute approximate surface area is 125 Å². The molecule has 0 aromatic carbocycles. The predicted molar refractivity (Wildman–Crippen MR) is 81.0 cm³/mol. The number of primary amides is 1. The van der Waals surface area contributed by atoms with Gasteiger partial charge in [-0.05, 0) is 50.2 Å². The largest absolute Gasteiger partial charge is 0.355 e. The van der Waals surface area contributed by atoms with Crippen molar-refractivity contribution in [3.63, 3.8) is 0 Å². The van der Waals surface area contributed by atoms with Crippen LogP contribution in [0.25, 0.3) is 0 Å². The third-order valence-corrected chi connectivity index (χ3v) is 5.07. The van der Waals surface area contributed by atoms with E-state index < -0.39 is 0 Å². The molecule has 6 heteroatoms. The van der Waals surface area contributed by atoms with Crippen LogP contribution in [0, 0.1) is 12.3 Å². The zero-order valence-electron chi connectivity index (χ0n) is 12.6. The van der Waals surface area contributed by atoms with Crippen molar-refractivity contribution in [1.82, 2.24) is 15.1 Å². The van der Waals surface area contributed by atoms with Crippen LogP contribution in [0.3, 0.4) is 0 Å². The molecule has 0 radical (unpaired) electrons. The van der Waals surface area contributed by atoms with Crippen LogP contribution >= 0.6 is 0 Å². The van der Waals surface area contributed by atoms with Crippen molar-refractivity contribution in [2.45, 2.75) is 32.6 Å². The van der Waals surface area contributed by atoms with E-state index in [1.165, 1.54) is 0 Å². The first-order chi connectivity index (χ1) is 10.1. The van der Waals surface area contributed by atoms with Gasteiger partial charge in [0, 0.05) is 26.2 Å². The maximum Gasteiger partial charge on any atom is 0.314 e. The second-order valence-corrected chi connectivity index (χ2v) is 6.35. The van der Waals surface area contributed by atoms with Gasteiger partial charge < -0.3 is 15.5 Å². The van der Waals surface area contributed by atoms with Crippen molar-refractivity contribution < 1.29 is 4.79 Å². The number of nitrogens with zero attached hydrogens (tertiary/aromatic N) is 4. The van der Waals surface area contributed by atoms with E-state index in [0.29, 0.717) is 5.41 Å². The summed E-state index contributed by atoms with van der Waals surface area (Å²) in [7, 11) is 0. The lowest BCUT2D eigenvalue weighted by Crippen LogP contribution is -2.49. The number of likely N-dealkylation sites (tertiary alicyclic amines) is 1. The van der Waals surface area contributed by atoms with Crippen LogP contribution in [0.2, 0.25) is 0 Å². The van der Waals surface area contributed by atoms with Crippen LogP contribution in [0.5, 0.6) is 0 Å². The molecule has 0 unspecified atom stereocenters. The first kappa shape index (κ1) is 14.1. The minimum Gasteiger partial charge on any atom is -0.355 e. The number of hydrogen-bond acceptors (Lipinski definition) is 4. The molecule has 2 saturated heterocycles. The summed E-state index contributed by atoms with van der Waals surface area (Å²) in [5, 5.41) is 8.42. The number of urea groups is 1. The topological polar surface area (TPSA) is 75.3 Å². The second-order valence-electron chi connectivity index (χ2n) is 6.35. The van der Waals surface area contributed by atoms with Crippen LogP contribution < -0.4 is 10.6 Å². The monoisotopic (exact) mass is 289 g/mol. The van der Waals surface area contributed by atoms with Gasteiger partial charge in [-0.2, -0.15) is 5.10 Å². The van der Waals surface area contributed by atoms with Gasteiger partial charge in [-0.3, -0.25) is 0 Å². The van der Waals surface area contributed by atoms with E-state index in [0.717, 1.165) is 63.4 Å². The van der Waals surface area contributed by atoms with Gasteiger partial charge in [0.05, 0.1) is 5.69 Å². The lowest BCUT2D eigenvalue weighted by molar-refractivity contribution is 0.0963. The minimum absolute atomic E-state index is 0.280. The number of rotatable bonds is 1. The SMILES string of the molecule is Cc1ccc(N2CCC3(CCN(C(N)=O)CC3)CC2)nn1. The number of hydrogen-bond donors (Lipinski definition) is 1. The fourth-order valence-corrected chi connectivity index (χ4v) is 3.47. The number of nitrogens with two attached hydrogens (primary N) is 1. The Morgan fingerprint density at radius 1 is 1.10 bits per heavy atom. The number of aryl methyl sites for hydroxylation is 1. The standard InChI is InChI=1S/C15H23N5O/c1-12-2-3-13(18-17-12)19-8-4-15(5-9-19)6-10-20(11-7-15)14(16)21/h2-3H,4-11H2,1H3,(H2,16,21). The quantitative estimate of drug-likeness (QED) is 0.851. The lowest BCUT2D eigenvalue weighted by atomic mass is 9.71. The molecule has 0 saturated carbocycles. The molecule has 2 aliphatic heterocycles. The zero-order chi connectivity index (χ0) is 14.9. The van der Waals surface area contributed by atoms with Gasteiger partial charge in [0.15, 0.2) is 5.82 Å². The van der Waals surface area contributed by atoms with E-state index >= 15 is 0 Å². The van der Waals surface area contributed by atoms with Crippen molar-refractivity contribution >= 4 is 11.8 Å². The van der Waals surface area contributed by atoms with Gasteiger partial charge in [0.2, 0.25) is 0 Å². The molecule has 0 atom stereocenters. The highest BCUT2D eigenvalue weighted by molar-refractivity contribution is 5.72. The van der Waals surface area contributed by atoms with Crippen molar-refractivity contribution in [2.75, 3.05) is 31.1 Å². The summed E-state index contributed by atoms with van der Waals surface area (Å²) in [6, 6.07) is 3.78. The zero-order valence-corrected chi connectivity index (χ0v) is 12.6. The van der Waals surface area contributed by atoms with Gasteiger partial charge in [-0.15, -0.1) is 5.10 Å². The molecule has 2 aliphatic rings. The van der Waals surface area contributed by atoms with E-state index in [1.54, 1.807) is 4.90 Å². The van der Waals surface area contributed by atoms with Gasteiger partial charge in [-0.25, -0.2) is 4.79 Å². The smallest absolute Gasteiger partial charge is 0.314 e. The first-order valence-corrected chi connectivity index (χ1v) is 7.68. The molecule has 1 spiro atoms. The fraction of sp³-hybridized carbons (Fsp3) is 0.667. The number of aromatic nitrogens is 2. The lowest BCUT2D eigenvalue weighted by Gasteiger charge is -2.46. The van der Waals surface area contributed by atoms with Crippen molar-refractivity contribution in [1.29, 1.82) is 0 Å². The summed E-state index contributed by atoms with van der Waals surface area (Å²) in [6.07, 6.45) is 4.47. The Kier molecular flexibility index (Phi) is 3.69. The van der Waals surface area contributed by atoms with E-state index in [1.807, 2.05) is 13.0 Å². The molecule has 0 bridgehead atoms. The predicted octanol–water partition coefficient (Wildman–Crippen LogP) is 1.55. The highest BCUT2D eigenvalue weighted by Crippen LogP contribution is 2.41. The van der Waals surface area contributed by atoms with Gasteiger partial charge in [0.25, 0.3) is 0 Å². The Bertz CT molecular complexity index is 497. The molecule has 2 amide bonds.